The van der Waals surface area contributed by atoms with Gasteiger partial charge in [0.1, 0.15) is 11.5 Å². The summed E-state index contributed by atoms with van der Waals surface area (Å²) >= 11 is 0. The van der Waals surface area contributed by atoms with Crippen LogP contribution in [-0.4, -0.2) is 19.9 Å². The highest BCUT2D eigenvalue weighted by Crippen LogP contribution is 2.28. The van der Waals surface area contributed by atoms with Gasteiger partial charge in [-0.3, -0.25) is 14.9 Å². The first-order valence-corrected chi connectivity index (χ1v) is 13.9. The summed E-state index contributed by atoms with van der Waals surface area (Å²) in [6.07, 6.45) is 5.80. The molecule has 204 valence electrons. The van der Waals surface area contributed by atoms with Crippen LogP contribution >= 0.6 is 0 Å². The molecule has 0 radical (unpaired) electrons. The van der Waals surface area contributed by atoms with Crippen LogP contribution < -0.4 is 10.1 Å². The summed E-state index contributed by atoms with van der Waals surface area (Å²) in [5.74, 6) is 1.66. The lowest BCUT2D eigenvalue weighted by Crippen LogP contribution is -2.23. The predicted octanol–water partition coefficient (Wildman–Crippen LogP) is 7.24. The number of nitrogens with zero attached hydrogens (tertiary/aromatic N) is 3. The van der Waals surface area contributed by atoms with Crippen LogP contribution in [-0.2, 0) is 32.7 Å². The molecular formula is C35H33N5O. The van der Waals surface area contributed by atoms with Gasteiger partial charge < -0.3 is 15.0 Å². The number of para-hydroxylation sites is 1. The van der Waals surface area contributed by atoms with E-state index < -0.39 is 0 Å². The Morgan fingerprint density at radius 1 is 0.634 bits per heavy atom. The summed E-state index contributed by atoms with van der Waals surface area (Å²) in [6.45, 7) is 3.89. The minimum atomic E-state index is 0.751. The summed E-state index contributed by atoms with van der Waals surface area (Å²) in [7, 11) is 0. The lowest BCUT2D eigenvalue weighted by molar-refractivity contribution is 0.245. The van der Waals surface area contributed by atoms with E-state index in [1.807, 2.05) is 79.1 Å². The van der Waals surface area contributed by atoms with Gasteiger partial charge in [0.15, 0.2) is 0 Å². The van der Waals surface area contributed by atoms with Crippen LogP contribution in [0.1, 0.15) is 28.1 Å². The number of rotatable bonds is 12. The smallest absolute Gasteiger partial charge is 0.128 e. The highest BCUT2D eigenvalue weighted by atomic mass is 16.5. The average molecular weight is 540 g/mol. The van der Waals surface area contributed by atoms with Crippen molar-refractivity contribution in [3.63, 3.8) is 0 Å². The minimum Gasteiger partial charge on any atom is -0.457 e. The van der Waals surface area contributed by atoms with Crippen LogP contribution in [0, 0.1) is 0 Å². The van der Waals surface area contributed by atoms with Crippen molar-refractivity contribution in [1.82, 2.24) is 25.2 Å². The zero-order valence-corrected chi connectivity index (χ0v) is 22.9. The zero-order chi connectivity index (χ0) is 27.7. The first-order chi connectivity index (χ1) is 20.3. The Kier molecular flexibility index (Phi) is 8.42. The lowest BCUT2D eigenvalue weighted by atomic mass is 10.1. The van der Waals surface area contributed by atoms with Crippen molar-refractivity contribution < 1.29 is 4.74 Å². The maximum absolute atomic E-state index is 6.13. The maximum atomic E-state index is 6.13. The second-order valence-electron chi connectivity index (χ2n) is 10.1. The largest absolute Gasteiger partial charge is 0.457 e. The molecule has 0 spiro atoms. The maximum Gasteiger partial charge on any atom is 0.128 e. The fourth-order valence-electron chi connectivity index (χ4n) is 4.96. The van der Waals surface area contributed by atoms with Gasteiger partial charge in [0.2, 0.25) is 0 Å². The standard InChI is InChI=1S/C35H33N5O/c1-2-10-32(11-3-1)41-33-16-17-35-34(20-33)29(22-39-35)25-40(26-31-9-5-7-19-38-31)24-28-14-12-27(13-15-28)21-36-23-30-8-4-6-18-37-30/h1-20,22,36,39H,21,23-26H2. The molecule has 2 N–H and O–H groups in total. The van der Waals surface area contributed by atoms with Crippen LogP contribution in [0.15, 0.2) is 128 Å². The van der Waals surface area contributed by atoms with E-state index in [9.17, 15) is 0 Å². The molecule has 0 aliphatic carbocycles. The molecule has 0 aliphatic heterocycles. The Morgan fingerprint density at radius 2 is 1.37 bits per heavy atom. The third-order valence-corrected chi connectivity index (χ3v) is 7.01. The molecule has 0 fully saturated rings. The van der Waals surface area contributed by atoms with E-state index in [-0.39, 0.29) is 0 Å². The number of hydrogen-bond donors (Lipinski definition) is 2. The van der Waals surface area contributed by atoms with Gasteiger partial charge in [-0.05, 0) is 71.3 Å². The zero-order valence-electron chi connectivity index (χ0n) is 22.9. The van der Waals surface area contributed by atoms with Crippen molar-refractivity contribution >= 4 is 10.9 Å². The number of hydrogen-bond acceptors (Lipinski definition) is 5. The van der Waals surface area contributed by atoms with Crippen molar-refractivity contribution in [1.29, 1.82) is 0 Å². The van der Waals surface area contributed by atoms with Crippen molar-refractivity contribution in [3.05, 3.63) is 156 Å². The van der Waals surface area contributed by atoms with E-state index in [2.05, 4.69) is 73.8 Å². The number of nitrogens with one attached hydrogen (secondary N) is 2. The normalized spacial score (nSPS) is 11.2. The van der Waals surface area contributed by atoms with Gasteiger partial charge in [-0.25, -0.2) is 0 Å². The van der Waals surface area contributed by atoms with E-state index in [0.717, 1.165) is 61.1 Å². The summed E-state index contributed by atoms with van der Waals surface area (Å²) in [4.78, 5) is 14.9. The van der Waals surface area contributed by atoms with Gasteiger partial charge in [0.05, 0.1) is 11.4 Å². The first kappa shape index (κ1) is 26.4. The van der Waals surface area contributed by atoms with E-state index in [1.54, 1.807) is 0 Å². The highest BCUT2D eigenvalue weighted by Gasteiger charge is 2.13. The predicted molar refractivity (Wildman–Crippen MR) is 163 cm³/mol. The van der Waals surface area contributed by atoms with Crippen LogP contribution in [0.25, 0.3) is 10.9 Å². The number of aromatic amines is 1. The molecule has 0 bridgehead atoms. The van der Waals surface area contributed by atoms with E-state index in [1.165, 1.54) is 22.1 Å². The summed E-state index contributed by atoms with van der Waals surface area (Å²) < 4.78 is 6.13. The van der Waals surface area contributed by atoms with E-state index in [0.29, 0.717) is 0 Å². The Morgan fingerprint density at radius 3 is 2.12 bits per heavy atom. The number of ether oxygens (including phenoxy) is 1. The second-order valence-corrected chi connectivity index (χ2v) is 10.1. The molecule has 0 saturated carbocycles. The Labute approximate surface area is 240 Å². The number of aromatic nitrogens is 3. The van der Waals surface area contributed by atoms with Crippen molar-refractivity contribution in [3.8, 4) is 11.5 Å². The highest BCUT2D eigenvalue weighted by molar-refractivity contribution is 5.84. The molecule has 0 aliphatic rings. The molecule has 0 unspecified atom stereocenters. The third-order valence-electron chi connectivity index (χ3n) is 7.01. The fraction of sp³-hybridized carbons (Fsp3) is 0.143. The van der Waals surface area contributed by atoms with Gasteiger partial charge in [0.25, 0.3) is 0 Å². The van der Waals surface area contributed by atoms with Gasteiger partial charge in [0, 0.05) is 62.2 Å². The number of fused-ring (bicyclic) bond motifs is 1. The lowest BCUT2D eigenvalue weighted by Gasteiger charge is -2.22. The van der Waals surface area contributed by atoms with Crippen molar-refractivity contribution in [2.45, 2.75) is 32.7 Å². The SMILES string of the molecule is c1ccc(Oc2ccc3[nH]cc(CN(Cc4ccc(CNCc5ccccn5)cc4)Cc4ccccn4)c3c2)cc1. The Bertz CT molecular complexity index is 1650. The van der Waals surface area contributed by atoms with Gasteiger partial charge in [-0.1, -0.05) is 54.6 Å². The second kappa shape index (κ2) is 13.0. The number of H-pyrrole nitrogens is 1. The van der Waals surface area contributed by atoms with E-state index >= 15 is 0 Å². The minimum absolute atomic E-state index is 0.751. The quantitative estimate of drug-likeness (QED) is 0.172. The molecule has 6 nitrogen and oxygen atoms in total. The van der Waals surface area contributed by atoms with Crippen molar-refractivity contribution in [2.75, 3.05) is 0 Å². The third kappa shape index (κ3) is 7.25. The number of pyridine rings is 2. The topological polar surface area (TPSA) is 66.1 Å². The van der Waals surface area contributed by atoms with Crippen LogP contribution in [0.3, 0.4) is 0 Å². The van der Waals surface area contributed by atoms with Crippen LogP contribution in [0.2, 0.25) is 0 Å². The fourth-order valence-corrected chi connectivity index (χ4v) is 4.96. The van der Waals surface area contributed by atoms with Crippen molar-refractivity contribution in [2.24, 2.45) is 0 Å². The molecular weight excluding hydrogens is 506 g/mol. The molecule has 3 heterocycles. The molecule has 3 aromatic heterocycles. The molecule has 0 amide bonds. The summed E-state index contributed by atoms with van der Waals surface area (Å²) in [5, 5.41) is 4.65. The summed E-state index contributed by atoms with van der Waals surface area (Å²) in [5.41, 5.74) is 6.94. The van der Waals surface area contributed by atoms with Crippen LogP contribution in [0.4, 0.5) is 0 Å². The molecule has 6 aromatic rings. The monoisotopic (exact) mass is 539 g/mol. The number of benzene rings is 3. The average Bonchev–Trinajstić information content (AvgIpc) is 3.41. The Hall–Kier alpha value is -4.78. The molecule has 41 heavy (non-hydrogen) atoms. The molecule has 3 aromatic carbocycles. The van der Waals surface area contributed by atoms with Crippen LogP contribution in [0.5, 0.6) is 11.5 Å². The molecule has 0 atom stereocenters. The molecule has 6 heteroatoms. The Balaban J connectivity index is 1.16. The summed E-state index contributed by atoms with van der Waals surface area (Å²) in [6, 6.07) is 37.1. The van der Waals surface area contributed by atoms with Gasteiger partial charge in [-0.15, -0.1) is 0 Å². The molecule has 0 saturated heterocycles. The van der Waals surface area contributed by atoms with E-state index in [4.69, 9.17) is 4.74 Å². The molecule has 6 rings (SSSR count). The van der Waals surface area contributed by atoms with Gasteiger partial charge in [-0.2, -0.15) is 0 Å². The first-order valence-electron chi connectivity index (χ1n) is 13.9. The van der Waals surface area contributed by atoms with Gasteiger partial charge >= 0.3 is 0 Å².